The van der Waals surface area contributed by atoms with Crippen molar-refractivity contribution in [2.75, 3.05) is 14.5 Å². The van der Waals surface area contributed by atoms with Gasteiger partial charge in [-0.2, -0.15) is 0 Å². The minimum atomic E-state index is -3.99. The van der Waals surface area contributed by atoms with E-state index >= 15 is 0 Å². The third-order valence-electron chi connectivity index (χ3n) is 7.63. The standard InChI is InChI=1S/C35H29Cl2N3O3S/c1-23-8-13-27(14-9-23)38-44(42,43)29-17-19-33-30(21-29)35(41)40(28-15-10-24(2)11-16-28)34(26-12-18-31(36)32(37)20-26)39(33)22-25-6-4-3-5-7-25/h3-21,34,38H,22H2,1-2H3/t34-/m1/s1. The molecule has 0 fully saturated rings. The van der Waals surface area contributed by atoms with E-state index in [4.69, 9.17) is 23.2 Å². The fourth-order valence-electron chi connectivity index (χ4n) is 5.37. The molecule has 44 heavy (non-hydrogen) atoms. The van der Waals surface area contributed by atoms with Crippen LogP contribution < -0.4 is 14.5 Å². The SMILES string of the molecule is Cc1ccc(NS(=O)(=O)c2ccc3c(c2)C(=O)N(c2ccc(C)cc2)[C@H](c2ccc(Cl)c(Cl)c2)N3Cc2ccccc2)cc1. The highest BCUT2D eigenvalue weighted by Gasteiger charge is 2.40. The summed E-state index contributed by atoms with van der Waals surface area (Å²) < 4.78 is 29.7. The van der Waals surface area contributed by atoms with Gasteiger partial charge < -0.3 is 4.90 Å². The molecule has 0 aromatic heterocycles. The molecule has 0 saturated carbocycles. The number of halogens is 2. The Morgan fingerprint density at radius 2 is 1.41 bits per heavy atom. The van der Waals surface area contributed by atoms with Crippen LogP contribution in [0.2, 0.25) is 10.0 Å². The van der Waals surface area contributed by atoms with Crippen molar-refractivity contribution in [2.24, 2.45) is 0 Å². The van der Waals surface area contributed by atoms with E-state index in [2.05, 4.69) is 9.62 Å². The van der Waals surface area contributed by atoms with Crippen molar-refractivity contribution < 1.29 is 13.2 Å². The molecule has 1 amide bonds. The number of aryl methyl sites for hydroxylation is 2. The zero-order valence-corrected chi connectivity index (χ0v) is 26.4. The largest absolute Gasteiger partial charge is 0.342 e. The molecule has 0 unspecified atom stereocenters. The minimum absolute atomic E-state index is 0.0123. The average Bonchev–Trinajstić information content (AvgIpc) is 3.02. The van der Waals surface area contributed by atoms with Crippen LogP contribution in [-0.2, 0) is 16.6 Å². The Morgan fingerprint density at radius 1 is 0.750 bits per heavy atom. The Kier molecular flexibility index (Phi) is 8.12. The lowest BCUT2D eigenvalue weighted by Crippen LogP contribution is -2.49. The lowest BCUT2D eigenvalue weighted by Gasteiger charge is -2.46. The first-order valence-electron chi connectivity index (χ1n) is 14.0. The summed E-state index contributed by atoms with van der Waals surface area (Å²) in [4.78, 5) is 18.3. The third-order valence-corrected chi connectivity index (χ3v) is 9.75. The predicted octanol–water partition coefficient (Wildman–Crippen LogP) is 8.78. The van der Waals surface area contributed by atoms with Gasteiger partial charge in [-0.15, -0.1) is 0 Å². The van der Waals surface area contributed by atoms with Crippen LogP contribution in [0.1, 0.15) is 38.8 Å². The molecule has 6 rings (SSSR count). The van der Waals surface area contributed by atoms with Gasteiger partial charge in [0.1, 0.15) is 6.17 Å². The van der Waals surface area contributed by atoms with Crippen LogP contribution in [0.5, 0.6) is 0 Å². The Hall–Kier alpha value is -4.30. The van der Waals surface area contributed by atoms with Crippen LogP contribution in [-0.4, -0.2) is 14.3 Å². The van der Waals surface area contributed by atoms with Crippen LogP contribution >= 0.6 is 23.2 Å². The molecule has 222 valence electrons. The quantitative estimate of drug-likeness (QED) is 0.193. The summed E-state index contributed by atoms with van der Waals surface area (Å²) in [5.74, 6) is -0.336. The van der Waals surface area contributed by atoms with Gasteiger partial charge in [0, 0.05) is 17.9 Å². The van der Waals surface area contributed by atoms with Gasteiger partial charge in [0.15, 0.2) is 0 Å². The Morgan fingerprint density at radius 3 is 2.07 bits per heavy atom. The number of hydrogen-bond donors (Lipinski definition) is 1. The van der Waals surface area contributed by atoms with Crippen LogP contribution in [0.25, 0.3) is 0 Å². The van der Waals surface area contributed by atoms with Gasteiger partial charge in [-0.25, -0.2) is 8.42 Å². The first-order valence-corrected chi connectivity index (χ1v) is 16.2. The van der Waals surface area contributed by atoms with Gasteiger partial charge in [-0.1, -0.05) is 95.0 Å². The predicted molar refractivity (Wildman–Crippen MR) is 178 cm³/mol. The highest BCUT2D eigenvalue weighted by Crippen LogP contribution is 2.44. The van der Waals surface area contributed by atoms with Gasteiger partial charge in [0.25, 0.3) is 15.9 Å². The molecule has 0 radical (unpaired) electrons. The number of nitrogens with one attached hydrogen (secondary N) is 1. The van der Waals surface area contributed by atoms with Gasteiger partial charge in [-0.3, -0.25) is 14.4 Å². The summed E-state index contributed by atoms with van der Waals surface area (Å²) in [6.07, 6.45) is -0.610. The Balaban J connectivity index is 1.53. The number of nitrogens with zero attached hydrogens (tertiary/aromatic N) is 2. The van der Waals surface area contributed by atoms with Gasteiger partial charge in [0.05, 0.1) is 26.2 Å². The van der Waals surface area contributed by atoms with E-state index in [-0.39, 0.29) is 16.4 Å². The van der Waals surface area contributed by atoms with E-state index in [0.717, 1.165) is 22.3 Å². The molecule has 0 aliphatic carbocycles. The Labute approximate surface area is 267 Å². The maximum absolute atomic E-state index is 14.5. The highest BCUT2D eigenvalue weighted by molar-refractivity contribution is 7.92. The molecule has 1 atom stereocenters. The fraction of sp³-hybridized carbons (Fsp3) is 0.114. The van der Waals surface area contributed by atoms with E-state index in [1.807, 2.05) is 86.6 Å². The lowest BCUT2D eigenvalue weighted by molar-refractivity contribution is 0.0968. The molecule has 1 N–H and O–H groups in total. The van der Waals surface area contributed by atoms with Crippen molar-refractivity contribution in [3.63, 3.8) is 0 Å². The van der Waals surface area contributed by atoms with E-state index in [0.29, 0.717) is 33.7 Å². The molecular weight excluding hydrogens is 613 g/mol. The second-order valence-electron chi connectivity index (χ2n) is 10.8. The molecule has 5 aromatic carbocycles. The minimum Gasteiger partial charge on any atom is -0.342 e. The molecule has 6 nitrogen and oxygen atoms in total. The van der Waals surface area contributed by atoms with Crippen LogP contribution in [0.3, 0.4) is 0 Å². The monoisotopic (exact) mass is 641 g/mol. The molecule has 1 heterocycles. The molecule has 1 aliphatic heterocycles. The average molecular weight is 643 g/mol. The van der Waals surface area contributed by atoms with Crippen LogP contribution in [0.15, 0.2) is 120 Å². The van der Waals surface area contributed by atoms with Crippen molar-refractivity contribution in [1.82, 2.24) is 0 Å². The van der Waals surface area contributed by atoms with Gasteiger partial charge >= 0.3 is 0 Å². The summed E-state index contributed by atoms with van der Waals surface area (Å²) in [6.45, 7) is 4.34. The highest BCUT2D eigenvalue weighted by atomic mass is 35.5. The van der Waals surface area contributed by atoms with Crippen LogP contribution in [0.4, 0.5) is 17.1 Å². The molecular formula is C35H29Cl2N3O3S. The first kappa shape index (κ1) is 29.8. The molecule has 0 spiro atoms. The third kappa shape index (κ3) is 5.91. The summed E-state index contributed by atoms with van der Waals surface area (Å²) >= 11 is 12.8. The van der Waals surface area contributed by atoms with E-state index in [1.165, 1.54) is 12.1 Å². The number of sulfonamides is 1. The molecule has 9 heteroatoms. The summed E-state index contributed by atoms with van der Waals surface area (Å²) in [5, 5.41) is 0.778. The second-order valence-corrected chi connectivity index (χ2v) is 13.3. The zero-order valence-electron chi connectivity index (χ0n) is 24.0. The molecule has 0 bridgehead atoms. The maximum Gasteiger partial charge on any atom is 0.262 e. The van der Waals surface area contributed by atoms with Gasteiger partial charge in [-0.05, 0) is 79.6 Å². The summed E-state index contributed by atoms with van der Waals surface area (Å²) in [6, 6.07) is 34.7. The van der Waals surface area contributed by atoms with Crippen molar-refractivity contribution in [2.45, 2.75) is 31.5 Å². The number of fused-ring (bicyclic) bond motifs is 1. The topological polar surface area (TPSA) is 69.7 Å². The fourth-order valence-corrected chi connectivity index (χ4v) is 6.76. The van der Waals surface area contributed by atoms with Gasteiger partial charge in [0.2, 0.25) is 0 Å². The lowest BCUT2D eigenvalue weighted by atomic mass is 9.99. The zero-order chi connectivity index (χ0) is 31.0. The smallest absolute Gasteiger partial charge is 0.262 e. The van der Waals surface area contributed by atoms with E-state index < -0.39 is 16.2 Å². The second kappa shape index (κ2) is 12.0. The van der Waals surface area contributed by atoms with E-state index in [1.54, 1.807) is 35.2 Å². The molecule has 1 aliphatic rings. The summed E-state index contributed by atoms with van der Waals surface area (Å²) in [7, 11) is -3.99. The van der Waals surface area contributed by atoms with Crippen molar-refractivity contribution >= 4 is 56.2 Å². The van der Waals surface area contributed by atoms with Crippen molar-refractivity contribution in [1.29, 1.82) is 0 Å². The number of anilines is 3. The molecule has 0 saturated heterocycles. The number of rotatable bonds is 7. The van der Waals surface area contributed by atoms with E-state index in [9.17, 15) is 13.2 Å². The number of hydrogen-bond acceptors (Lipinski definition) is 4. The van der Waals surface area contributed by atoms with Crippen LogP contribution in [0, 0.1) is 13.8 Å². The Bertz CT molecular complexity index is 1950. The molecule has 5 aromatic rings. The van der Waals surface area contributed by atoms with Crippen molar-refractivity contribution in [3.8, 4) is 0 Å². The normalized spacial score (nSPS) is 14.8. The number of carbonyl (C=O) groups is 1. The number of carbonyl (C=O) groups excluding carboxylic acids is 1. The number of amides is 1. The first-order chi connectivity index (χ1) is 21.1. The maximum atomic E-state index is 14.5. The number of benzene rings is 5. The van der Waals surface area contributed by atoms with Crippen molar-refractivity contribution in [3.05, 3.63) is 153 Å². The summed E-state index contributed by atoms with van der Waals surface area (Å²) in [5.41, 5.74) is 5.79.